The third-order valence-electron chi connectivity index (χ3n) is 4.24. The van der Waals surface area contributed by atoms with Gasteiger partial charge in [-0.2, -0.15) is 5.10 Å². The van der Waals surface area contributed by atoms with E-state index in [4.69, 9.17) is 0 Å². The first-order valence-electron chi connectivity index (χ1n) is 8.16. The lowest BCUT2D eigenvalue weighted by molar-refractivity contribution is 0.700. The highest BCUT2D eigenvalue weighted by Gasteiger charge is 2.07. The van der Waals surface area contributed by atoms with Crippen LogP contribution in [0.15, 0.2) is 65.9 Å². The summed E-state index contributed by atoms with van der Waals surface area (Å²) in [4.78, 5) is 13.0. The van der Waals surface area contributed by atoms with Crippen LogP contribution in [0, 0.1) is 0 Å². The maximum atomic E-state index is 4.50. The van der Waals surface area contributed by atoms with E-state index in [1.54, 1.807) is 17.7 Å². The molecule has 0 bridgehead atoms. The van der Waals surface area contributed by atoms with E-state index >= 15 is 0 Å². The van der Waals surface area contributed by atoms with Gasteiger partial charge in [-0.15, -0.1) is 11.3 Å². The van der Waals surface area contributed by atoms with Crippen molar-refractivity contribution in [3.05, 3.63) is 71.6 Å². The number of anilines is 2. The van der Waals surface area contributed by atoms with Gasteiger partial charge in [0.2, 0.25) is 0 Å². The molecular weight excluding hydrogens is 344 g/mol. The standard InChI is InChI=1S/C19H14N6S/c1-2-4-17-16(3-1)19(21-11-20-17)24-14-5-6-18-13(7-14)8-23-25(18)9-15-10-26-12-22-15/h1-8,10-12H,9H2,(H,20,21,24). The van der Waals surface area contributed by atoms with Gasteiger partial charge < -0.3 is 5.32 Å². The summed E-state index contributed by atoms with van der Waals surface area (Å²) in [6.07, 6.45) is 3.46. The largest absolute Gasteiger partial charge is 0.340 e. The number of thiazole rings is 1. The van der Waals surface area contributed by atoms with Crippen molar-refractivity contribution in [1.82, 2.24) is 24.7 Å². The zero-order valence-electron chi connectivity index (χ0n) is 13.7. The van der Waals surface area contributed by atoms with Crippen molar-refractivity contribution in [1.29, 1.82) is 0 Å². The average Bonchev–Trinajstić information content (AvgIpc) is 3.33. The summed E-state index contributed by atoms with van der Waals surface area (Å²) in [7, 11) is 0. The highest BCUT2D eigenvalue weighted by Crippen LogP contribution is 2.25. The smallest absolute Gasteiger partial charge is 0.141 e. The minimum atomic E-state index is 0.677. The topological polar surface area (TPSA) is 68.5 Å². The Morgan fingerprint density at radius 1 is 1.04 bits per heavy atom. The van der Waals surface area contributed by atoms with E-state index in [2.05, 4.69) is 37.5 Å². The van der Waals surface area contributed by atoms with Crippen LogP contribution in [0.25, 0.3) is 21.8 Å². The summed E-state index contributed by atoms with van der Waals surface area (Å²) in [5.74, 6) is 0.796. The molecule has 0 atom stereocenters. The summed E-state index contributed by atoms with van der Waals surface area (Å²) in [5, 5.41) is 12.0. The van der Waals surface area contributed by atoms with E-state index in [-0.39, 0.29) is 0 Å². The van der Waals surface area contributed by atoms with E-state index in [1.807, 2.05) is 52.1 Å². The Bertz CT molecular complexity index is 1190. The molecule has 3 aromatic heterocycles. The van der Waals surface area contributed by atoms with Gasteiger partial charge >= 0.3 is 0 Å². The number of rotatable bonds is 4. The van der Waals surface area contributed by atoms with Crippen molar-refractivity contribution in [3.8, 4) is 0 Å². The number of nitrogens with one attached hydrogen (secondary N) is 1. The Hall–Kier alpha value is -3.32. The quantitative estimate of drug-likeness (QED) is 0.521. The van der Waals surface area contributed by atoms with Crippen LogP contribution in [0.2, 0.25) is 0 Å². The van der Waals surface area contributed by atoms with Gasteiger partial charge in [0.25, 0.3) is 0 Å². The van der Waals surface area contributed by atoms with Crippen molar-refractivity contribution >= 4 is 44.6 Å². The third-order valence-corrected chi connectivity index (χ3v) is 4.88. The predicted molar refractivity (Wildman–Crippen MR) is 104 cm³/mol. The number of fused-ring (bicyclic) bond motifs is 2. The zero-order valence-corrected chi connectivity index (χ0v) is 14.5. The van der Waals surface area contributed by atoms with Crippen molar-refractivity contribution in [2.75, 3.05) is 5.32 Å². The molecule has 5 aromatic rings. The van der Waals surface area contributed by atoms with Gasteiger partial charge in [-0.3, -0.25) is 4.68 Å². The Kier molecular flexibility index (Phi) is 3.57. The minimum Gasteiger partial charge on any atom is -0.340 e. The Morgan fingerprint density at radius 2 is 2.00 bits per heavy atom. The molecule has 7 heteroatoms. The SMILES string of the molecule is c1ccc2c(Nc3ccc4c(cnn4Cc4cscn4)c3)ncnc2c1. The summed E-state index contributed by atoms with van der Waals surface area (Å²) >= 11 is 1.60. The van der Waals surface area contributed by atoms with Crippen molar-refractivity contribution in [2.24, 2.45) is 0 Å². The summed E-state index contributed by atoms with van der Waals surface area (Å²) in [5.41, 5.74) is 5.83. The van der Waals surface area contributed by atoms with Gasteiger partial charge in [0.15, 0.2) is 0 Å². The van der Waals surface area contributed by atoms with Gasteiger partial charge in [-0.05, 0) is 30.3 Å². The lowest BCUT2D eigenvalue weighted by atomic mass is 10.2. The molecule has 0 radical (unpaired) electrons. The predicted octanol–water partition coefficient (Wildman–Crippen LogP) is 4.23. The Labute approximate surface area is 153 Å². The monoisotopic (exact) mass is 358 g/mol. The van der Waals surface area contributed by atoms with Crippen LogP contribution in [-0.2, 0) is 6.54 Å². The van der Waals surface area contributed by atoms with Crippen LogP contribution >= 0.6 is 11.3 Å². The third kappa shape index (κ3) is 2.68. The maximum Gasteiger partial charge on any atom is 0.141 e. The number of hydrogen-bond donors (Lipinski definition) is 1. The number of aromatic nitrogens is 5. The second kappa shape index (κ2) is 6.20. The van der Waals surface area contributed by atoms with Gasteiger partial charge in [0.1, 0.15) is 12.1 Å². The van der Waals surface area contributed by atoms with E-state index in [0.717, 1.165) is 39.0 Å². The van der Waals surface area contributed by atoms with Gasteiger partial charge in [0, 0.05) is 21.8 Å². The molecule has 6 nitrogen and oxygen atoms in total. The Balaban J connectivity index is 1.48. The lowest BCUT2D eigenvalue weighted by Gasteiger charge is -2.08. The molecule has 0 aliphatic heterocycles. The molecular formula is C19H14N6S. The van der Waals surface area contributed by atoms with E-state index in [0.29, 0.717) is 6.54 Å². The molecule has 2 aromatic carbocycles. The first kappa shape index (κ1) is 15.0. The van der Waals surface area contributed by atoms with Crippen LogP contribution in [0.1, 0.15) is 5.69 Å². The molecule has 0 unspecified atom stereocenters. The fraction of sp³-hybridized carbons (Fsp3) is 0.0526. The van der Waals surface area contributed by atoms with Crippen molar-refractivity contribution < 1.29 is 0 Å². The number of para-hydroxylation sites is 1. The number of nitrogens with zero attached hydrogens (tertiary/aromatic N) is 5. The maximum absolute atomic E-state index is 4.50. The molecule has 0 saturated heterocycles. The molecule has 126 valence electrons. The minimum absolute atomic E-state index is 0.677. The average molecular weight is 358 g/mol. The normalized spacial score (nSPS) is 11.2. The highest BCUT2D eigenvalue weighted by molar-refractivity contribution is 7.07. The molecule has 0 amide bonds. The van der Waals surface area contributed by atoms with Crippen LogP contribution in [0.3, 0.4) is 0 Å². The Morgan fingerprint density at radius 3 is 2.92 bits per heavy atom. The molecule has 0 saturated carbocycles. The van der Waals surface area contributed by atoms with E-state index in [9.17, 15) is 0 Å². The van der Waals surface area contributed by atoms with Gasteiger partial charge in [-0.1, -0.05) is 12.1 Å². The van der Waals surface area contributed by atoms with Crippen molar-refractivity contribution in [2.45, 2.75) is 6.54 Å². The summed E-state index contributed by atoms with van der Waals surface area (Å²) in [6, 6.07) is 14.1. The van der Waals surface area contributed by atoms with Crippen LogP contribution in [0.4, 0.5) is 11.5 Å². The first-order valence-corrected chi connectivity index (χ1v) is 9.10. The number of hydrogen-bond acceptors (Lipinski definition) is 6. The van der Waals surface area contributed by atoms with E-state index < -0.39 is 0 Å². The molecule has 0 aliphatic carbocycles. The number of benzene rings is 2. The van der Waals surface area contributed by atoms with Crippen molar-refractivity contribution in [3.63, 3.8) is 0 Å². The molecule has 1 N–H and O–H groups in total. The fourth-order valence-electron chi connectivity index (χ4n) is 3.00. The van der Waals surface area contributed by atoms with Gasteiger partial charge in [0.05, 0.1) is 35.0 Å². The zero-order chi connectivity index (χ0) is 17.3. The van der Waals surface area contributed by atoms with Crippen LogP contribution in [0.5, 0.6) is 0 Å². The fourth-order valence-corrected chi connectivity index (χ4v) is 3.55. The van der Waals surface area contributed by atoms with E-state index in [1.165, 1.54) is 0 Å². The summed E-state index contributed by atoms with van der Waals surface area (Å²) < 4.78 is 1.97. The summed E-state index contributed by atoms with van der Waals surface area (Å²) in [6.45, 7) is 0.677. The molecule has 0 spiro atoms. The van der Waals surface area contributed by atoms with Crippen LogP contribution < -0.4 is 5.32 Å². The molecule has 26 heavy (non-hydrogen) atoms. The molecule has 5 rings (SSSR count). The van der Waals surface area contributed by atoms with Gasteiger partial charge in [-0.25, -0.2) is 15.0 Å². The second-order valence-electron chi connectivity index (χ2n) is 5.92. The highest BCUT2D eigenvalue weighted by atomic mass is 32.1. The molecule has 0 aliphatic rings. The molecule has 3 heterocycles. The first-order chi connectivity index (χ1) is 12.9. The van der Waals surface area contributed by atoms with Crippen LogP contribution in [-0.4, -0.2) is 24.7 Å². The second-order valence-corrected chi connectivity index (χ2v) is 6.64. The lowest BCUT2D eigenvalue weighted by Crippen LogP contribution is -2.01. The molecule has 0 fully saturated rings.